The van der Waals surface area contributed by atoms with Gasteiger partial charge in [0.2, 0.25) is 0 Å². The van der Waals surface area contributed by atoms with Crippen LogP contribution in [-0.2, 0) is 0 Å². The van der Waals surface area contributed by atoms with E-state index in [1.807, 2.05) is 5.43 Å². The fourth-order valence-electron chi connectivity index (χ4n) is 0.905. The lowest BCUT2D eigenvalue weighted by Gasteiger charge is -2.01. The molecule has 0 radical (unpaired) electrons. The number of methoxy groups -OCH3 is 1. The summed E-state index contributed by atoms with van der Waals surface area (Å²) in [6, 6.07) is 3.46. The summed E-state index contributed by atoms with van der Waals surface area (Å²) in [5.74, 6) is -0.0862. The number of hydrogen-bond acceptors (Lipinski definition) is 3. The summed E-state index contributed by atoms with van der Waals surface area (Å²) < 4.78 is 18.1. The molecule has 15 heavy (non-hydrogen) atoms. The molecule has 5 nitrogen and oxygen atoms in total. The van der Waals surface area contributed by atoms with E-state index in [1.165, 1.54) is 19.2 Å². The van der Waals surface area contributed by atoms with E-state index in [2.05, 4.69) is 5.10 Å². The third-order valence-corrected chi connectivity index (χ3v) is 1.59. The number of nitrogens with one attached hydrogen (secondary N) is 1. The van der Waals surface area contributed by atoms with Crippen molar-refractivity contribution in [2.75, 3.05) is 7.11 Å². The topological polar surface area (TPSA) is 76.7 Å². The minimum atomic E-state index is -0.805. The number of hydrogen-bond donors (Lipinski definition) is 2. The number of urea groups is 1. The standard InChI is InChI=1S/C9H10FN3O2/c1-15-7-3-2-6(8(10)4-7)5-12-13-9(11)14/h2-5H,1H3,(H3,11,13,14). The van der Waals surface area contributed by atoms with Crippen molar-refractivity contribution in [1.29, 1.82) is 0 Å². The number of ether oxygens (including phenoxy) is 1. The van der Waals surface area contributed by atoms with Gasteiger partial charge in [-0.2, -0.15) is 5.10 Å². The maximum absolute atomic E-state index is 13.2. The number of primary amides is 1. The van der Waals surface area contributed by atoms with Crippen molar-refractivity contribution in [1.82, 2.24) is 5.43 Å². The number of halogens is 1. The Labute approximate surface area is 85.7 Å². The highest BCUT2D eigenvalue weighted by Crippen LogP contribution is 2.14. The first-order valence-corrected chi connectivity index (χ1v) is 4.05. The van der Waals surface area contributed by atoms with Gasteiger partial charge in [0.25, 0.3) is 0 Å². The Morgan fingerprint density at radius 1 is 1.67 bits per heavy atom. The highest BCUT2D eigenvalue weighted by atomic mass is 19.1. The number of carbonyl (C=O) groups is 1. The molecule has 0 aliphatic carbocycles. The first-order valence-electron chi connectivity index (χ1n) is 4.05. The number of amides is 2. The highest BCUT2D eigenvalue weighted by molar-refractivity contribution is 5.81. The first-order chi connectivity index (χ1) is 7.13. The van der Waals surface area contributed by atoms with Gasteiger partial charge in [-0.1, -0.05) is 0 Å². The molecule has 0 aliphatic rings. The summed E-state index contributed by atoms with van der Waals surface area (Å²) in [4.78, 5) is 10.3. The van der Waals surface area contributed by atoms with Crippen LogP contribution in [0.2, 0.25) is 0 Å². The summed E-state index contributed by atoms with van der Waals surface area (Å²) in [7, 11) is 1.44. The number of benzene rings is 1. The normalized spacial score (nSPS) is 10.3. The number of nitrogens with two attached hydrogens (primary N) is 1. The van der Waals surface area contributed by atoms with Crippen molar-refractivity contribution in [3.8, 4) is 5.75 Å². The van der Waals surface area contributed by atoms with Crippen molar-refractivity contribution in [3.63, 3.8) is 0 Å². The molecule has 0 heterocycles. The number of hydrazone groups is 1. The monoisotopic (exact) mass is 211 g/mol. The zero-order chi connectivity index (χ0) is 11.3. The molecule has 0 bridgehead atoms. The molecular formula is C9H10FN3O2. The van der Waals surface area contributed by atoms with Crippen LogP contribution in [0, 0.1) is 5.82 Å². The van der Waals surface area contributed by atoms with Gasteiger partial charge in [-0.3, -0.25) is 0 Å². The highest BCUT2D eigenvalue weighted by Gasteiger charge is 2.01. The summed E-state index contributed by atoms with van der Waals surface area (Å²) >= 11 is 0. The predicted octanol–water partition coefficient (Wildman–Crippen LogP) is 0.837. The average molecular weight is 211 g/mol. The van der Waals surface area contributed by atoms with Gasteiger partial charge < -0.3 is 10.5 Å². The van der Waals surface area contributed by atoms with Gasteiger partial charge in [0.1, 0.15) is 11.6 Å². The largest absolute Gasteiger partial charge is 0.497 e. The fourth-order valence-corrected chi connectivity index (χ4v) is 0.905. The van der Waals surface area contributed by atoms with E-state index in [-0.39, 0.29) is 5.56 Å². The van der Waals surface area contributed by atoms with Crippen LogP contribution in [0.15, 0.2) is 23.3 Å². The Bertz CT molecular complexity index is 393. The molecule has 0 atom stereocenters. The van der Waals surface area contributed by atoms with Crippen molar-refractivity contribution >= 4 is 12.2 Å². The van der Waals surface area contributed by atoms with E-state index < -0.39 is 11.8 Å². The van der Waals surface area contributed by atoms with E-state index in [0.717, 1.165) is 6.21 Å². The van der Waals surface area contributed by atoms with Crippen LogP contribution < -0.4 is 15.9 Å². The van der Waals surface area contributed by atoms with Gasteiger partial charge in [-0.15, -0.1) is 0 Å². The van der Waals surface area contributed by atoms with Crippen LogP contribution in [0.3, 0.4) is 0 Å². The van der Waals surface area contributed by atoms with Gasteiger partial charge in [0.05, 0.1) is 13.3 Å². The zero-order valence-corrected chi connectivity index (χ0v) is 8.03. The van der Waals surface area contributed by atoms with Gasteiger partial charge >= 0.3 is 6.03 Å². The first kappa shape index (κ1) is 11.0. The number of rotatable bonds is 3. The van der Waals surface area contributed by atoms with Crippen LogP contribution in [0.5, 0.6) is 5.75 Å². The molecule has 1 aromatic rings. The Hall–Kier alpha value is -2.11. The van der Waals surface area contributed by atoms with E-state index in [0.29, 0.717) is 5.75 Å². The molecule has 0 saturated carbocycles. The van der Waals surface area contributed by atoms with Crippen LogP contribution in [0.25, 0.3) is 0 Å². The lowest BCUT2D eigenvalue weighted by molar-refractivity contribution is 0.249. The molecule has 3 N–H and O–H groups in total. The van der Waals surface area contributed by atoms with Crippen molar-refractivity contribution in [2.24, 2.45) is 10.8 Å². The second-order valence-electron chi connectivity index (χ2n) is 2.62. The van der Waals surface area contributed by atoms with E-state index in [1.54, 1.807) is 6.07 Å². The second-order valence-corrected chi connectivity index (χ2v) is 2.62. The predicted molar refractivity (Wildman–Crippen MR) is 53.3 cm³/mol. The molecule has 0 fully saturated rings. The molecule has 0 spiro atoms. The summed E-state index contributed by atoms with van der Waals surface area (Å²) in [6.07, 6.45) is 1.15. The Balaban J connectivity index is 2.78. The van der Waals surface area contributed by atoms with Gasteiger partial charge in [-0.05, 0) is 12.1 Å². The molecule has 6 heteroatoms. The van der Waals surface area contributed by atoms with E-state index in [9.17, 15) is 9.18 Å². The minimum absolute atomic E-state index is 0.226. The van der Waals surface area contributed by atoms with Gasteiger partial charge in [0, 0.05) is 11.6 Å². The maximum Gasteiger partial charge on any atom is 0.332 e. The SMILES string of the molecule is COc1ccc(C=NNC(N)=O)c(F)c1. The van der Waals surface area contributed by atoms with Crippen LogP contribution >= 0.6 is 0 Å². The van der Waals surface area contributed by atoms with Crippen LogP contribution in [-0.4, -0.2) is 19.4 Å². The number of carbonyl (C=O) groups excluding carboxylic acids is 1. The smallest absolute Gasteiger partial charge is 0.332 e. The molecule has 1 aromatic carbocycles. The van der Waals surface area contributed by atoms with Gasteiger partial charge in [0.15, 0.2) is 0 Å². The zero-order valence-electron chi connectivity index (χ0n) is 8.03. The summed E-state index contributed by atoms with van der Waals surface area (Å²) in [5, 5.41) is 3.43. The minimum Gasteiger partial charge on any atom is -0.497 e. The Morgan fingerprint density at radius 2 is 2.40 bits per heavy atom. The molecular weight excluding hydrogens is 201 g/mol. The van der Waals surface area contributed by atoms with E-state index in [4.69, 9.17) is 10.5 Å². The van der Waals surface area contributed by atoms with E-state index >= 15 is 0 Å². The maximum atomic E-state index is 13.2. The lowest BCUT2D eigenvalue weighted by atomic mass is 10.2. The second kappa shape index (κ2) is 4.94. The summed E-state index contributed by atoms with van der Waals surface area (Å²) in [6.45, 7) is 0. The molecule has 80 valence electrons. The molecule has 1 rings (SSSR count). The van der Waals surface area contributed by atoms with Crippen molar-refractivity contribution in [3.05, 3.63) is 29.6 Å². The Morgan fingerprint density at radius 3 is 2.93 bits per heavy atom. The summed E-state index contributed by atoms with van der Waals surface area (Å²) in [5.41, 5.74) is 6.95. The molecule has 0 aromatic heterocycles. The van der Waals surface area contributed by atoms with Crippen molar-refractivity contribution in [2.45, 2.75) is 0 Å². The van der Waals surface area contributed by atoms with Crippen LogP contribution in [0.4, 0.5) is 9.18 Å². The van der Waals surface area contributed by atoms with Crippen molar-refractivity contribution < 1.29 is 13.9 Å². The Kier molecular flexibility index (Phi) is 3.61. The third-order valence-electron chi connectivity index (χ3n) is 1.59. The van der Waals surface area contributed by atoms with Gasteiger partial charge in [-0.25, -0.2) is 14.6 Å². The quantitative estimate of drug-likeness (QED) is 0.574. The van der Waals surface area contributed by atoms with Crippen LogP contribution in [0.1, 0.15) is 5.56 Å². The molecule has 0 unspecified atom stereocenters. The lowest BCUT2D eigenvalue weighted by Crippen LogP contribution is -2.24. The molecule has 0 saturated heterocycles. The number of nitrogens with zero attached hydrogens (tertiary/aromatic N) is 1. The fraction of sp³-hybridized carbons (Fsp3) is 0.111. The average Bonchev–Trinajstić information content (AvgIpc) is 2.20. The third kappa shape index (κ3) is 3.26. The molecule has 0 aliphatic heterocycles. The molecule has 2 amide bonds.